The van der Waals surface area contributed by atoms with Gasteiger partial charge < -0.3 is 15.4 Å². The third-order valence-corrected chi connectivity index (χ3v) is 1.47. The molecule has 0 radical (unpaired) electrons. The molecule has 2 unspecified atom stereocenters. The summed E-state index contributed by atoms with van der Waals surface area (Å²) in [6.45, 7) is 0.238. The molecule has 0 aromatic carbocycles. The van der Waals surface area contributed by atoms with E-state index in [-0.39, 0.29) is 13.0 Å². The zero-order valence-corrected chi connectivity index (χ0v) is 4.92. The van der Waals surface area contributed by atoms with E-state index >= 15 is 0 Å². The van der Waals surface area contributed by atoms with Gasteiger partial charge in [-0.1, -0.05) is 0 Å². The molecule has 1 saturated heterocycles. The third-order valence-electron chi connectivity index (χ3n) is 1.47. The maximum atomic E-state index is 12.2. The van der Waals surface area contributed by atoms with Gasteiger partial charge in [-0.15, -0.1) is 0 Å². The van der Waals surface area contributed by atoms with Crippen LogP contribution < -0.4 is 5.32 Å². The van der Waals surface area contributed by atoms with Gasteiger partial charge >= 0.3 is 7.12 Å². The number of nitrogens with one attached hydrogen (secondary N) is 1. The highest BCUT2D eigenvalue weighted by Gasteiger charge is 2.31. The van der Waals surface area contributed by atoms with Crippen molar-refractivity contribution in [2.24, 2.45) is 0 Å². The van der Waals surface area contributed by atoms with Crippen LogP contribution in [0.5, 0.6) is 0 Å². The van der Waals surface area contributed by atoms with Crippen LogP contribution in [0.3, 0.4) is 0 Å². The first-order valence-electron chi connectivity index (χ1n) is 2.93. The SMILES string of the molecule is OB(O)C1CC(F)CN1. The smallest absolute Gasteiger partial charge is 0.426 e. The average molecular weight is 133 g/mol. The molecule has 0 spiro atoms. The molecule has 0 amide bonds. The molecule has 0 saturated carbocycles. The molecule has 0 aromatic heterocycles. The van der Waals surface area contributed by atoms with Crippen molar-refractivity contribution in [1.29, 1.82) is 0 Å². The van der Waals surface area contributed by atoms with Crippen molar-refractivity contribution in [3.05, 3.63) is 0 Å². The van der Waals surface area contributed by atoms with Crippen LogP contribution in [0.1, 0.15) is 6.42 Å². The number of hydrogen-bond donors (Lipinski definition) is 3. The van der Waals surface area contributed by atoms with Crippen molar-refractivity contribution in [3.8, 4) is 0 Å². The maximum Gasteiger partial charge on any atom is 0.469 e. The van der Waals surface area contributed by atoms with Gasteiger partial charge in [-0.2, -0.15) is 0 Å². The molecule has 1 fully saturated rings. The van der Waals surface area contributed by atoms with Gasteiger partial charge in [0.05, 0.1) is 0 Å². The Labute approximate surface area is 53.0 Å². The van der Waals surface area contributed by atoms with Crippen LogP contribution in [0.25, 0.3) is 0 Å². The predicted octanol–water partition coefficient (Wildman–Crippen LogP) is -1.30. The quantitative estimate of drug-likeness (QED) is 0.389. The van der Waals surface area contributed by atoms with Gasteiger partial charge in [0.15, 0.2) is 0 Å². The van der Waals surface area contributed by atoms with E-state index in [0.717, 1.165) is 0 Å². The minimum atomic E-state index is -1.43. The van der Waals surface area contributed by atoms with E-state index in [9.17, 15) is 4.39 Å². The van der Waals surface area contributed by atoms with Gasteiger partial charge in [-0.05, 0) is 6.42 Å². The van der Waals surface area contributed by atoms with Crippen LogP contribution >= 0.6 is 0 Å². The van der Waals surface area contributed by atoms with Crippen molar-refractivity contribution in [3.63, 3.8) is 0 Å². The van der Waals surface area contributed by atoms with E-state index in [1.807, 2.05) is 0 Å². The lowest BCUT2D eigenvalue weighted by atomic mass is 9.79. The molecule has 9 heavy (non-hydrogen) atoms. The summed E-state index contributed by atoms with van der Waals surface area (Å²) in [6, 6.07) is 0. The normalized spacial score (nSPS) is 35.0. The fraction of sp³-hybridized carbons (Fsp3) is 1.00. The van der Waals surface area contributed by atoms with Gasteiger partial charge in [-0.3, -0.25) is 0 Å². The molecule has 5 heteroatoms. The maximum absolute atomic E-state index is 12.2. The second kappa shape index (κ2) is 2.64. The molecular weight excluding hydrogens is 124 g/mol. The fourth-order valence-corrected chi connectivity index (χ4v) is 0.949. The van der Waals surface area contributed by atoms with Gasteiger partial charge in [0.2, 0.25) is 0 Å². The Kier molecular flexibility index (Phi) is 2.05. The van der Waals surface area contributed by atoms with Gasteiger partial charge in [0.1, 0.15) is 6.17 Å². The van der Waals surface area contributed by atoms with Crippen molar-refractivity contribution in [1.82, 2.24) is 5.32 Å². The lowest BCUT2D eigenvalue weighted by Gasteiger charge is -2.05. The molecule has 3 nitrogen and oxygen atoms in total. The second-order valence-electron chi connectivity index (χ2n) is 2.26. The minimum Gasteiger partial charge on any atom is -0.426 e. The Morgan fingerprint density at radius 2 is 2.22 bits per heavy atom. The van der Waals surface area contributed by atoms with Crippen molar-refractivity contribution >= 4 is 7.12 Å². The van der Waals surface area contributed by atoms with Crippen molar-refractivity contribution in [2.45, 2.75) is 18.5 Å². The molecule has 0 aliphatic carbocycles. The predicted molar refractivity (Wildman–Crippen MR) is 31.5 cm³/mol. The van der Waals surface area contributed by atoms with Crippen molar-refractivity contribution in [2.75, 3.05) is 6.54 Å². The van der Waals surface area contributed by atoms with E-state index in [0.29, 0.717) is 0 Å². The standard InChI is InChI=1S/C4H9BFNO2/c6-3-1-4(5(8)9)7-2-3/h3-4,7-9H,1-2H2. The largest absolute Gasteiger partial charge is 0.469 e. The summed E-state index contributed by atoms with van der Waals surface area (Å²) in [5, 5.41) is 19.6. The van der Waals surface area contributed by atoms with Crippen LogP contribution in [0.4, 0.5) is 4.39 Å². The van der Waals surface area contributed by atoms with Crippen LogP contribution in [-0.4, -0.2) is 35.8 Å². The van der Waals surface area contributed by atoms with E-state index in [4.69, 9.17) is 10.0 Å². The third kappa shape index (κ3) is 1.64. The first-order chi connectivity index (χ1) is 4.20. The molecule has 1 aliphatic heterocycles. The van der Waals surface area contributed by atoms with Crippen LogP contribution in [-0.2, 0) is 0 Å². The molecule has 0 bridgehead atoms. The highest BCUT2D eigenvalue weighted by molar-refractivity contribution is 6.43. The first-order valence-corrected chi connectivity index (χ1v) is 2.93. The summed E-state index contributed by atoms with van der Waals surface area (Å²) in [4.78, 5) is 0. The first kappa shape index (κ1) is 6.99. The Hall–Kier alpha value is -0.125. The molecule has 2 atom stereocenters. The zero-order valence-electron chi connectivity index (χ0n) is 4.92. The fourth-order valence-electron chi connectivity index (χ4n) is 0.949. The number of rotatable bonds is 1. The lowest BCUT2D eigenvalue weighted by Crippen LogP contribution is -2.38. The summed E-state index contributed by atoms with van der Waals surface area (Å²) in [6.07, 6.45) is -0.714. The monoisotopic (exact) mass is 133 g/mol. The zero-order chi connectivity index (χ0) is 6.85. The van der Waals surface area contributed by atoms with Gasteiger partial charge in [-0.25, -0.2) is 4.39 Å². The average Bonchev–Trinajstić information content (AvgIpc) is 2.14. The summed E-state index contributed by atoms with van der Waals surface area (Å²) < 4.78 is 12.2. The molecule has 52 valence electrons. The number of hydrogen-bond acceptors (Lipinski definition) is 3. The van der Waals surface area contributed by atoms with Crippen LogP contribution in [0.2, 0.25) is 0 Å². The molecule has 1 rings (SSSR count). The summed E-state index contributed by atoms with van der Waals surface area (Å²) in [5.74, 6) is -0.472. The summed E-state index contributed by atoms with van der Waals surface area (Å²) >= 11 is 0. The number of halogens is 1. The van der Waals surface area contributed by atoms with Crippen LogP contribution in [0, 0.1) is 0 Å². The number of alkyl halides is 1. The van der Waals surface area contributed by atoms with E-state index in [1.165, 1.54) is 0 Å². The minimum absolute atomic E-state index is 0.206. The molecule has 0 aromatic rings. The molecule has 1 aliphatic rings. The Morgan fingerprint density at radius 1 is 1.56 bits per heavy atom. The van der Waals surface area contributed by atoms with E-state index in [2.05, 4.69) is 5.32 Å². The second-order valence-corrected chi connectivity index (χ2v) is 2.26. The molecular formula is C4H9BFNO2. The van der Waals surface area contributed by atoms with Gasteiger partial charge in [0.25, 0.3) is 0 Å². The topological polar surface area (TPSA) is 52.5 Å². The van der Waals surface area contributed by atoms with E-state index in [1.54, 1.807) is 0 Å². The summed E-state index contributed by atoms with van der Waals surface area (Å²) in [5.41, 5.74) is 0. The Bertz CT molecular complexity index is 103. The molecule has 3 N–H and O–H groups in total. The summed E-state index contributed by atoms with van der Waals surface area (Å²) in [7, 11) is -1.43. The van der Waals surface area contributed by atoms with Crippen LogP contribution in [0.15, 0.2) is 0 Å². The van der Waals surface area contributed by atoms with Gasteiger partial charge in [0, 0.05) is 12.5 Å². The molecule has 1 heterocycles. The Balaban J connectivity index is 2.30. The Morgan fingerprint density at radius 3 is 2.44 bits per heavy atom. The highest BCUT2D eigenvalue weighted by atomic mass is 19.1. The van der Waals surface area contributed by atoms with E-state index < -0.39 is 19.2 Å². The van der Waals surface area contributed by atoms with Crippen molar-refractivity contribution < 1.29 is 14.4 Å². The lowest BCUT2D eigenvalue weighted by molar-refractivity contribution is 0.346. The highest BCUT2D eigenvalue weighted by Crippen LogP contribution is 2.09.